The summed E-state index contributed by atoms with van der Waals surface area (Å²) in [6.45, 7) is 4.52. The third-order valence-corrected chi connectivity index (χ3v) is 6.06. The Morgan fingerprint density at radius 3 is 2.66 bits per heavy atom. The minimum atomic E-state index is -0.161. The average Bonchev–Trinajstić information content (AvgIpc) is 2.82. The monoisotopic (exact) mass is 470 g/mol. The van der Waals surface area contributed by atoms with E-state index in [0.29, 0.717) is 54.1 Å². The summed E-state index contributed by atoms with van der Waals surface area (Å²) in [7, 11) is 0. The summed E-state index contributed by atoms with van der Waals surface area (Å²) in [6, 6.07) is 15.1. The van der Waals surface area contributed by atoms with Gasteiger partial charge in [0.1, 0.15) is 0 Å². The van der Waals surface area contributed by atoms with Gasteiger partial charge in [-0.15, -0.1) is 0 Å². The van der Waals surface area contributed by atoms with E-state index in [4.69, 9.17) is 16.3 Å². The number of benzene rings is 2. The predicted octanol–water partition coefficient (Wildman–Crippen LogP) is 4.14. The first kappa shape index (κ1) is 22.3. The molecule has 1 aliphatic heterocycles. The van der Waals surface area contributed by atoms with Gasteiger partial charge in [0.25, 0.3) is 0 Å². The Morgan fingerprint density at radius 2 is 1.88 bits per heavy atom. The van der Waals surface area contributed by atoms with E-state index in [1.54, 1.807) is 12.1 Å². The number of hydrogen-bond donors (Lipinski definition) is 2. The van der Waals surface area contributed by atoms with Crippen molar-refractivity contribution in [2.45, 2.75) is 12.1 Å². The summed E-state index contributed by atoms with van der Waals surface area (Å²) in [6.07, 6.45) is 0. The number of carbonyl (C=O) groups is 1. The second kappa shape index (κ2) is 10.6. The summed E-state index contributed by atoms with van der Waals surface area (Å²) in [5.74, 6) is 0.992. The van der Waals surface area contributed by atoms with Crippen LogP contribution in [0.4, 0.5) is 23.3 Å². The summed E-state index contributed by atoms with van der Waals surface area (Å²) in [5.41, 5.74) is 2.40. The van der Waals surface area contributed by atoms with Gasteiger partial charge in [0, 0.05) is 29.5 Å². The number of morpholine rings is 1. The van der Waals surface area contributed by atoms with Crippen LogP contribution in [-0.4, -0.2) is 52.9 Å². The topological polar surface area (TPSA) is 92.3 Å². The standard InChI is InChI=1S/C22H23ClN6O2S/c1-15-17(23)8-5-9-18(15)25-19(30)14-32-22-27-20(24-16-6-3-2-4-7-16)26-21(28-22)29-10-12-31-13-11-29/h2-9H,10-14H2,1H3,(H,25,30)(H,24,26,27,28). The van der Waals surface area contributed by atoms with Gasteiger partial charge in [-0.2, -0.15) is 15.0 Å². The molecule has 10 heteroatoms. The quantitative estimate of drug-likeness (QED) is 0.497. The van der Waals surface area contributed by atoms with Crippen molar-refractivity contribution < 1.29 is 9.53 Å². The number of rotatable bonds is 7. The maximum Gasteiger partial charge on any atom is 0.234 e. The zero-order valence-electron chi connectivity index (χ0n) is 17.5. The number of nitrogens with one attached hydrogen (secondary N) is 2. The molecule has 1 amide bonds. The molecular formula is C22H23ClN6O2S. The van der Waals surface area contributed by atoms with Crippen LogP contribution in [0.5, 0.6) is 0 Å². The minimum absolute atomic E-state index is 0.156. The Morgan fingerprint density at radius 1 is 1.09 bits per heavy atom. The number of thioether (sulfide) groups is 1. The Hall–Kier alpha value is -2.88. The number of hydrogen-bond acceptors (Lipinski definition) is 8. The van der Waals surface area contributed by atoms with Crippen molar-refractivity contribution in [1.82, 2.24) is 15.0 Å². The summed E-state index contributed by atoms with van der Waals surface area (Å²) in [5, 5.41) is 7.19. The first-order valence-electron chi connectivity index (χ1n) is 10.2. The Balaban J connectivity index is 1.49. The highest BCUT2D eigenvalue weighted by atomic mass is 35.5. The molecule has 1 aliphatic rings. The summed E-state index contributed by atoms with van der Waals surface area (Å²) in [4.78, 5) is 28.2. The van der Waals surface area contributed by atoms with Gasteiger partial charge >= 0.3 is 0 Å². The number of halogens is 1. The lowest BCUT2D eigenvalue weighted by Gasteiger charge is -2.27. The lowest BCUT2D eigenvalue weighted by Crippen LogP contribution is -2.37. The van der Waals surface area contributed by atoms with Gasteiger partial charge in [-0.05, 0) is 36.8 Å². The number of nitrogens with zero attached hydrogens (tertiary/aromatic N) is 4. The fourth-order valence-electron chi connectivity index (χ4n) is 3.08. The second-order valence-electron chi connectivity index (χ2n) is 7.08. The number of anilines is 4. The van der Waals surface area contributed by atoms with E-state index in [0.717, 1.165) is 11.3 Å². The van der Waals surface area contributed by atoms with Crippen molar-refractivity contribution in [3.05, 3.63) is 59.1 Å². The average molecular weight is 471 g/mol. The molecule has 1 aromatic heterocycles. The van der Waals surface area contributed by atoms with E-state index < -0.39 is 0 Å². The van der Waals surface area contributed by atoms with Gasteiger partial charge in [-0.3, -0.25) is 4.79 Å². The van der Waals surface area contributed by atoms with Gasteiger partial charge in [0.2, 0.25) is 17.8 Å². The summed E-state index contributed by atoms with van der Waals surface area (Å²) >= 11 is 7.40. The maximum atomic E-state index is 12.5. The van der Waals surface area contributed by atoms with Crippen LogP contribution < -0.4 is 15.5 Å². The number of amides is 1. The smallest absolute Gasteiger partial charge is 0.234 e. The number of aromatic nitrogens is 3. The van der Waals surface area contributed by atoms with Crippen LogP contribution in [0.2, 0.25) is 5.02 Å². The molecule has 4 rings (SSSR count). The van der Waals surface area contributed by atoms with Crippen LogP contribution in [-0.2, 0) is 9.53 Å². The third-order valence-electron chi connectivity index (χ3n) is 4.80. The van der Waals surface area contributed by atoms with Crippen molar-refractivity contribution in [2.75, 3.05) is 47.6 Å². The van der Waals surface area contributed by atoms with Crippen molar-refractivity contribution >= 4 is 52.5 Å². The maximum absolute atomic E-state index is 12.5. The molecule has 0 saturated carbocycles. The number of ether oxygens (including phenoxy) is 1. The fraction of sp³-hybridized carbons (Fsp3) is 0.273. The second-order valence-corrected chi connectivity index (χ2v) is 8.43. The van der Waals surface area contributed by atoms with Crippen LogP contribution in [0.15, 0.2) is 53.7 Å². The Bertz CT molecular complexity index is 1080. The molecule has 1 saturated heterocycles. The van der Waals surface area contributed by atoms with E-state index in [1.807, 2.05) is 43.3 Å². The van der Waals surface area contributed by atoms with E-state index in [9.17, 15) is 4.79 Å². The fourth-order valence-corrected chi connectivity index (χ4v) is 3.89. The molecule has 32 heavy (non-hydrogen) atoms. The van der Waals surface area contributed by atoms with Crippen molar-refractivity contribution in [1.29, 1.82) is 0 Å². The molecule has 0 aliphatic carbocycles. The van der Waals surface area contributed by atoms with E-state index in [1.165, 1.54) is 11.8 Å². The van der Waals surface area contributed by atoms with Gasteiger partial charge in [-0.1, -0.05) is 47.6 Å². The van der Waals surface area contributed by atoms with Crippen LogP contribution in [0.1, 0.15) is 5.56 Å². The molecule has 2 aromatic carbocycles. The lowest BCUT2D eigenvalue weighted by atomic mass is 10.2. The summed E-state index contributed by atoms with van der Waals surface area (Å²) < 4.78 is 5.43. The molecule has 2 heterocycles. The zero-order chi connectivity index (χ0) is 22.3. The van der Waals surface area contributed by atoms with Crippen molar-refractivity contribution in [2.24, 2.45) is 0 Å². The molecule has 0 unspecified atom stereocenters. The molecule has 0 bridgehead atoms. The van der Waals surface area contributed by atoms with E-state index in [2.05, 4.69) is 30.5 Å². The molecule has 166 valence electrons. The number of para-hydroxylation sites is 1. The SMILES string of the molecule is Cc1c(Cl)cccc1NC(=O)CSc1nc(Nc2ccccc2)nc(N2CCOCC2)n1. The van der Waals surface area contributed by atoms with Gasteiger partial charge in [0.05, 0.1) is 19.0 Å². The molecule has 0 radical (unpaired) electrons. The molecule has 3 aromatic rings. The van der Waals surface area contributed by atoms with Crippen LogP contribution in [0, 0.1) is 6.92 Å². The molecule has 1 fully saturated rings. The Kier molecular flexibility index (Phi) is 7.41. The van der Waals surface area contributed by atoms with Crippen molar-refractivity contribution in [3.8, 4) is 0 Å². The normalized spacial score (nSPS) is 13.6. The molecule has 8 nitrogen and oxygen atoms in total. The van der Waals surface area contributed by atoms with Crippen LogP contribution in [0.3, 0.4) is 0 Å². The predicted molar refractivity (Wildman–Crippen MR) is 128 cm³/mol. The highest BCUT2D eigenvalue weighted by Gasteiger charge is 2.18. The van der Waals surface area contributed by atoms with Gasteiger partial charge in [-0.25, -0.2) is 0 Å². The van der Waals surface area contributed by atoms with Crippen molar-refractivity contribution in [3.63, 3.8) is 0 Å². The van der Waals surface area contributed by atoms with Gasteiger partial charge in [0.15, 0.2) is 5.16 Å². The molecule has 0 spiro atoms. The van der Waals surface area contributed by atoms with E-state index in [-0.39, 0.29) is 11.7 Å². The first-order valence-corrected chi connectivity index (χ1v) is 11.5. The molecule has 0 atom stereocenters. The van der Waals surface area contributed by atoms with Gasteiger partial charge < -0.3 is 20.3 Å². The highest BCUT2D eigenvalue weighted by Crippen LogP contribution is 2.25. The minimum Gasteiger partial charge on any atom is -0.378 e. The first-order chi connectivity index (χ1) is 15.6. The van der Waals surface area contributed by atoms with E-state index >= 15 is 0 Å². The zero-order valence-corrected chi connectivity index (χ0v) is 19.1. The Labute approximate surface area is 195 Å². The third kappa shape index (κ3) is 5.87. The molecular weight excluding hydrogens is 448 g/mol. The number of carbonyl (C=O) groups excluding carboxylic acids is 1. The lowest BCUT2D eigenvalue weighted by molar-refractivity contribution is -0.113. The van der Waals surface area contributed by atoms with Crippen LogP contribution >= 0.6 is 23.4 Å². The highest BCUT2D eigenvalue weighted by molar-refractivity contribution is 7.99. The van der Waals surface area contributed by atoms with Crippen LogP contribution in [0.25, 0.3) is 0 Å². The largest absolute Gasteiger partial charge is 0.378 e. The molecule has 2 N–H and O–H groups in total.